The van der Waals surface area contributed by atoms with E-state index in [1.807, 2.05) is 31.2 Å². The third-order valence-corrected chi connectivity index (χ3v) is 5.45. The fourth-order valence-corrected chi connectivity index (χ4v) is 3.95. The number of nitrogens with one attached hydrogen (secondary N) is 1. The molecule has 0 radical (unpaired) electrons. The molecule has 1 amide bonds. The van der Waals surface area contributed by atoms with Crippen LogP contribution < -0.4 is 5.32 Å². The smallest absolute Gasteiger partial charge is 0.261 e. The molecule has 1 N–H and O–H groups in total. The Hall–Kier alpha value is -1.15. The fourth-order valence-electron chi connectivity index (χ4n) is 2.64. The number of aryl methyl sites for hydroxylation is 1. The molecule has 0 aromatic carbocycles. The minimum absolute atomic E-state index is 0.0277. The van der Waals surface area contributed by atoms with Crippen molar-refractivity contribution in [2.45, 2.75) is 13.0 Å². The largest absolute Gasteiger partial charge is 0.465 e. The molecule has 0 spiro atoms. The van der Waals surface area contributed by atoms with E-state index in [-0.39, 0.29) is 11.9 Å². The second-order valence-corrected chi connectivity index (χ2v) is 7.89. The highest BCUT2D eigenvalue weighted by Gasteiger charge is 2.26. The molecular weight excluding hydrogens is 380 g/mol. The SMILES string of the molecule is Cc1ccc(C(CNC(=O)c2ccc(Br)s2)N2CCOCC2)o1. The van der Waals surface area contributed by atoms with Crippen molar-refractivity contribution in [3.8, 4) is 0 Å². The third kappa shape index (κ3) is 4.23. The summed E-state index contributed by atoms with van der Waals surface area (Å²) < 4.78 is 12.2. The molecule has 0 aliphatic carbocycles. The summed E-state index contributed by atoms with van der Waals surface area (Å²) >= 11 is 4.81. The standard InChI is InChI=1S/C16H19BrN2O3S/c1-11-2-3-13(22-11)12(19-6-8-21-9-7-19)10-18-16(20)14-4-5-15(17)23-14/h2-5,12H,6-10H2,1H3,(H,18,20). The van der Waals surface area contributed by atoms with Gasteiger partial charge in [0.1, 0.15) is 11.5 Å². The van der Waals surface area contributed by atoms with Crippen LogP contribution in [0.3, 0.4) is 0 Å². The summed E-state index contributed by atoms with van der Waals surface area (Å²) in [5.74, 6) is 1.71. The summed E-state index contributed by atoms with van der Waals surface area (Å²) in [6.07, 6.45) is 0. The Kier molecular flexibility index (Phi) is 5.53. The van der Waals surface area contributed by atoms with Gasteiger partial charge in [0.25, 0.3) is 5.91 Å². The van der Waals surface area contributed by atoms with E-state index >= 15 is 0 Å². The van der Waals surface area contributed by atoms with Gasteiger partial charge in [-0.3, -0.25) is 9.69 Å². The topological polar surface area (TPSA) is 54.7 Å². The number of rotatable bonds is 5. The van der Waals surface area contributed by atoms with Gasteiger partial charge < -0.3 is 14.5 Å². The Balaban J connectivity index is 1.69. The van der Waals surface area contributed by atoms with E-state index in [1.54, 1.807) is 0 Å². The van der Waals surface area contributed by atoms with Crippen molar-refractivity contribution < 1.29 is 13.9 Å². The Bertz CT molecular complexity index is 664. The summed E-state index contributed by atoms with van der Waals surface area (Å²) in [6, 6.07) is 7.68. The van der Waals surface area contributed by atoms with Gasteiger partial charge in [0, 0.05) is 19.6 Å². The molecule has 1 aliphatic rings. The summed E-state index contributed by atoms with van der Waals surface area (Å²) in [5.41, 5.74) is 0. The van der Waals surface area contributed by atoms with Crippen LogP contribution in [0.1, 0.15) is 27.2 Å². The van der Waals surface area contributed by atoms with Gasteiger partial charge in [0.2, 0.25) is 0 Å². The number of carbonyl (C=O) groups excluding carboxylic acids is 1. The number of morpholine rings is 1. The molecule has 5 nitrogen and oxygen atoms in total. The first-order valence-corrected chi connectivity index (χ1v) is 9.16. The summed E-state index contributed by atoms with van der Waals surface area (Å²) in [5, 5.41) is 3.03. The zero-order valence-electron chi connectivity index (χ0n) is 12.9. The average molecular weight is 399 g/mol. The number of thiophene rings is 1. The molecule has 1 saturated heterocycles. The van der Waals surface area contributed by atoms with Crippen LogP contribution in [0.5, 0.6) is 0 Å². The summed E-state index contributed by atoms with van der Waals surface area (Å²) in [6.45, 7) is 5.54. The Morgan fingerprint density at radius 3 is 2.74 bits per heavy atom. The summed E-state index contributed by atoms with van der Waals surface area (Å²) in [7, 11) is 0. The lowest BCUT2D eigenvalue weighted by molar-refractivity contribution is 0.0117. The lowest BCUT2D eigenvalue weighted by Crippen LogP contribution is -2.43. The van der Waals surface area contributed by atoms with Gasteiger partial charge in [-0.15, -0.1) is 11.3 Å². The molecule has 1 aliphatic heterocycles. The van der Waals surface area contributed by atoms with Gasteiger partial charge in [0.05, 0.1) is 27.9 Å². The minimum atomic E-state index is -0.0535. The molecular formula is C16H19BrN2O3S. The molecule has 3 heterocycles. The number of furan rings is 1. The third-order valence-electron chi connectivity index (χ3n) is 3.83. The van der Waals surface area contributed by atoms with E-state index in [0.717, 1.165) is 28.4 Å². The van der Waals surface area contributed by atoms with Crippen LogP contribution in [-0.4, -0.2) is 43.7 Å². The van der Waals surface area contributed by atoms with Crippen LogP contribution in [0.4, 0.5) is 0 Å². The predicted molar refractivity (Wildman–Crippen MR) is 92.9 cm³/mol. The molecule has 0 saturated carbocycles. The molecule has 124 valence electrons. The van der Waals surface area contributed by atoms with E-state index in [1.165, 1.54) is 11.3 Å². The lowest BCUT2D eigenvalue weighted by Gasteiger charge is -2.33. The highest BCUT2D eigenvalue weighted by Crippen LogP contribution is 2.25. The molecule has 7 heteroatoms. The Labute approximate surface area is 147 Å². The molecule has 2 aromatic rings. The number of carbonyl (C=O) groups is 1. The molecule has 1 fully saturated rings. The van der Waals surface area contributed by atoms with Crippen molar-refractivity contribution in [3.05, 3.63) is 44.4 Å². The zero-order chi connectivity index (χ0) is 16.2. The minimum Gasteiger partial charge on any atom is -0.465 e. The quantitative estimate of drug-likeness (QED) is 0.839. The lowest BCUT2D eigenvalue weighted by atomic mass is 10.1. The van der Waals surface area contributed by atoms with E-state index in [2.05, 4.69) is 26.1 Å². The van der Waals surface area contributed by atoms with Crippen molar-refractivity contribution in [1.82, 2.24) is 10.2 Å². The molecule has 1 unspecified atom stereocenters. The van der Waals surface area contributed by atoms with Gasteiger partial charge in [-0.2, -0.15) is 0 Å². The normalized spacial score (nSPS) is 17.1. The van der Waals surface area contributed by atoms with E-state index < -0.39 is 0 Å². The predicted octanol–water partition coefficient (Wildman–Crippen LogP) is 3.22. The molecule has 3 rings (SSSR count). The molecule has 0 bridgehead atoms. The highest BCUT2D eigenvalue weighted by molar-refractivity contribution is 9.11. The maximum atomic E-state index is 12.3. The van der Waals surface area contributed by atoms with E-state index in [9.17, 15) is 4.79 Å². The summed E-state index contributed by atoms with van der Waals surface area (Å²) in [4.78, 5) is 15.3. The number of ether oxygens (including phenoxy) is 1. The van der Waals surface area contributed by atoms with Crippen molar-refractivity contribution >= 4 is 33.2 Å². The van der Waals surface area contributed by atoms with Gasteiger partial charge in [-0.25, -0.2) is 0 Å². The number of hydrogen-bond acceptors (Lipinski definition) is 5. The van der Waals surface area contributed by atoms with Crippen LogP contribution in [-0.2, 0) is 4.74 Å². The highest BCUT2D eigenvalue weighted by atomic mass is 79.9. The maximum absolute atomic E-state index is 12.3. The van der Waals surface area contributed by atoms with Crippen molar-refractivity contribution in [1.29, 1.82) is 0 Å². The van der Waals surface area contributed by atoms with Gasteiger partial charge in [0.15, 0.2) is 0 Å². The zero-order valence-corrected chi connectivity index (χ0v) is 15.3. The average Bonchev–Trinajstić information content (AvgIpc) is 3.17. The van der Waals surface area contributed by atoms with Crippen LogP contribution in [0.2, 0.25) is 0 Å². The van der Waals surface area contributed by atoms with Crippen LogP contribution in [0, 0.1) is 6.92 Å². The van der Waals surface area contributed by atoms with Crippen LogP contribution in [0.25, 0.3) is 0 Å². The maximum Gasteiger partial charge on any atom is 0.261 e. The van der Waals surface area contributed by atoms with Gasteiger partial charge in [-0.1, -0.05) is 0 Å². The molecule has 2 aromatic heterocycles. The second kappa shape index (κ2) is 7.61. The van der Waals surface area contributed by atoms with Gasteiger partial charge >= 0.3 is 0 Å². The van der Waals surface area contributed by atoms with Gasteiger partial charge in [-0.05, 0) is 47.1 Å². The number of amides is 1. The van der Waals surface area contributed by atoms with Crippen molar-refractivity contribution in [3.63, 3.8) is 0 Å². The first-order valence-electron chi connectivity index (χ1n) is 7.55. The van der Waals surface area contributed by atoms with Crippen molar-refractivity contribution in [2.24, 2.45) is 0 Å². The Morgan fingerprint density at radius 2 is 2.13 bits per heavy atom. The number of halogens is 1. The van der Waals surface area contributed by atoms with Crippen LogP contribution in [0.15, 0.2) is 32.5 Å². The number of hydrogen-bond donors (Lipinski definition) is 1. The van der Waals surface area contributed by atoms with E-state index in [0.29, 0.717) is 24.6 Å². The molecule has 1 atom stereocenters. The first kappa shape index (κ1) is 16.7. The number of nitrogens with zero attached hydrogens (tertiary/aromatic N) is 1. The first-order chi connectivity index (χ1) is 11.1. The monoisotopic (exact) mass is 398 g/mol. The van der Waals surface area contributed by atoms with Crippen molar-refractivity contribution in [2.75, 3.05) is 32.8 Å². The molecule has 23 heavy (non-hydrogen) atoms. The van der Waals surface area contributed by atoms with Crippen LogP contribution >= 0.6 is 27.3 Å². The van der Waals surface area contributed by atoms with E-state index in [4.69, 9.17) is 9.15 Å². The Morgan fingerprint density at radius 1 is 1.35 bits per heavy atom. The second-order valence-electron chi connectivity index (χ2n) is 5.43. The fraction of sp³-hybridized carbons (Fsp3) is 0.438.